The van der Waals surface area contributed by atoms with Crippen molar-refractivity contribution in [1.29, 1.82) is 0 Å². The molecule has 1 unspecified atom stereocenters. The van der Waals surface area contributed by atoms with Crippen LogP contribution < -0.4 is 4.90 Å². The van der Waals surface area contributed by atoms with Crippen molar-refractivity contribution < 1.29 is 5.11 Å². The molecule has 1 aliphatic rings. The fourth-order valence-corrected chi connectivity index (χ4v) is 3.49. The summed E-state index contributed by atoms with van der Waals surface area (Å²) < 4.78 is 0. The molecule has 0 saturated carbocycles. The third kappa shape index (κ3) is 2.80. The Hall–Kier alpha value is -2.40. The van der Waals surface area contributed by atoms with Crippen molar-refractivity contribution in [3.63, 3.8) is 0 Å². The van der Waals surface area contributed by atoms with E-state index in [1.54, 1.807) is 6.33 Å². The van der Waals surface area contributed by atoms with Gasteiger partial charge in [0, 0.05) is 19.3 Å². The maximum absolute atomic E-state index is 9.27. The van der Waals surface area contributed by atoms with Gasteiger partial charge in [0.05, 0.1) is 12.0 Å². The van der Waals surface area contributed by atoms with Crippen LogP contribution in [0.1, 0.15) is 17.5 Å². The molecule has 2 N–H and O–H groups in total. The van der Waals surface area contributed by atoms with E-state index < -0.39 is 0 Å². The summed E-state index contributed by atoms with van der Waals surface area (Å²) in [5, 5.41) is 10.4. The number of benzene rings is 1. The van der Waals surface area contributed by atoms with Crippen LogP contribution >= 0.6 is 0 Å². The standard InChI is InChI=1S/C18H20N4O/c23-11-15-3-1-2-13(9-15)8-14-5-7-22(10-14)18-16-4-6-19-17(16)20-12-21-18/h1-4,6,9,12,14,23H,5,7-8,10-11H2,(H,19,20,21). The number of rotatable bonds is 4. The first-order chi connectivity index (χ1) is 11.3. The number of hydrogen-bond donors (Lipinski definition) is 2. The molecule has 5 nitrogen and oxygen atoms in total. The third-order valence-electron chi connectivity index (χ3n) is 4.62. The summed E-state index contributed by atoms with van der Waals surface area (Å²) in [5.41, 5.74) is 3.19. The van der Waals surface area contributed by atoms with Crippen molar-refractivity contribution in [2.45, 2.75) is 19.4 Å². The van der Waals surface area contributed by atoms with Crippen LogP contribution in [0.15, 0.2) is 42.9 Å². The van der Waals surface area contributed by atoms with E-state index in [0.29, 0.717) is 5.92 Å². The normalized spacial score (nSPS) is 18.0. The molecule has 3 heterocycles. The lowest BCUT2D eigenvalue weighted by Gasteiger charge is -2.18. The highest BCUT2D eigenvalue weighted by Gasteiger charge is 2.25. The molecule has 5 heteroatoms. The summed E-state index contributed by atoms with van der Waals surface area (Å²) in [5.74, 6) is 1.65. The van der Waals surface area contributed by atoms with Crippen molar-refractivity contribution in [2.24, 2.45) is 5.92 Å². The summed E-state index contributed by atoms with van der Waals surface area (Å²) in [6.45, 7) is 2.15. The van der Waals surface area contributed by atoms with Gasteiger partial charge in [-0.05, 0) is 36.0 Å². The molecule has 0 spiro atoms. The molecule has 2 aromatic heterocycles. The Morgan fingerprint density at radius 1 is 1.22 bits per heavy atom. The second-order valence-electron chi connectivity index (χ2n) is 6.22. The van der Waals surface area contributed by atoms with Gasteiger partial charge < -0.3 is 15.0 Å². The molecule has 1 aliphatic heterocycles. The number of nitrogens with one attached hydrogen (secondary N) is 1. The van der Waals surface area contributed by atoms with Gasteiger partial charge in [0.2, 0.25) is 0 Å². The molecular formula is C18H20N4O. The number of anilines is 1. The van der Waals surface area contributed by atoms with E-state index >= 15 is 0 Å². The molecular weight excluding hydrogens is 288 g/mol. The largest absolute Gasteiger partial charge is 0.392 e. The van der Waals surface area contributed by atoms with Crippen molar-refractivity contribution in [3.8, 4) is 0 Å². The van der Waals surface area contributed by atoms with Gasteiger partial charge in [-0.1, -0.05) is 24.3 Å². The van der Waals surface area contributed by atoms with Gasteiger partial charge in [-0.2, -0.15) is 0 Å². The lowest BCUT2D eigenvalue weighted by atomic mass is 9.97. The molecule has 1 fully saturated rings. The lowest BCUT2D eigenvalue weighted by molar-refractivity contribution is 0.281. The number of aromatic amines is 1. The Bertz CT molecular complexity index is 813. The van der Waals surface area contributed by atoms with Gasteiger partial charge in [0.1, 0.15) is 17.8 Å². The quantitative estimate of drug-likeness (QED) is 0.777. The molecule has 0 radical (unpaired) electrons. The number of aliphatic hydroxyl groups excluding tert-OH is 1. The molecule has 3 aromatic rings. The Morgan fingerprint density at radius 3 is 3.04 bits per heavy atom. The van der Waals surface area contributed by atoms with Crippen LogP contribution in [-0.2, 0) is 13.0 Å². The average Bonchev–Trinajstić information content (AvgIpc) is 3.23. The van der Waals surface area contributed by atoms with E-state index in [9.17, 15) is 5.11 Å². The Kier molecular flexibility index (Phi) is 3.71. The van der Waals surface area contributed by atoms with Gasteiger partial charge in [0.25, 0.3) is 0 Å². The van der Waals surface area contributed by atoms with Crippen LogP contribution in [0.4, 0.5) is 5.82 Å². The highest BCUT2D eigenvalue weighted by molar-refractivity contribution is 5.87. The minimum absolute atomic E-state index is 0.108. The number of fused-ring (bicyclic) bond motifs is 1. The van der Waals surface area contributed by atoms with Crippen molar-refractivity contribution >= 4 is 16.9 Å². The highest BCUT2D eigenvalue weighted by atomic mass is 16.3. The predicted octanol–water partition coefficient (Wildman–Crippen LogP) is 2.52. The molecule has 0 aliphatic carbocycles. The maximum Gasteiger partial charge on any atom is 0.142 e. The molecule has 1 saturated heterocycles. The van der Waals surface area contributed by atoms with E-state index in [1.165, 1.54) is 12.0 Å². The fraction of sp³-hybridized carbons (Fsp3) is 0.333. The van der Waals surface area contributed by atoms with Crippen molar-refractivity contribution in [1.82, 2.24) is 15.0 Å². The number of hydrogen-bond acceptors (Lipinski definition) is 4. The number of aliphatic hydroxyl groups is 1. The summed E-state index contributed by atoms with van der Waals surface area (Å²) in [6.07, 6.45) is 5.76. The van der Waals surface area contributed by atoms with E-state index in [-0.39, 0.29) is 6.61 Å². The Morgan fingerprint density at radius 2 is 2.13 bits per heavy atom. The molecule has 1 atom stereocenters. The van der Waals surface area contributed by atoms with Crippen LogP contribution in [0.25, 0.3) is 11.0 Å². The van der Waals surface area contributed by atoms with Gasteiger partial charge in [-0.3, -0.25) is 0 Å². The third-order valence-corrected chi connectivity index (χ3v) is 4.62. The summed E-state index contributed by atoms with van der Waals surface area (Å²) in [6, 6.07) is 10.3. The van der Waals surface area contributed by atoms with Gasteiger partial charge in [0.15, 0.2) is 0 Å². The van der Waals surface area contributed by atoms with Crippen molar-refractivity contribution in [2.75, 3.05) is 18.0 Å². The minimum Gasteiger partial charge on any atom is -0.392 e. The summed E-state index contributed by atoms with van der Waals surface area (Å²) in [7, 11) is 0. The first kappa shape index (κ1) is 14.2. The number of nitrogens with zero attached hydrogens (tertiary/aromatic N) is 3. The second-order valence-corrected chi connectivity index (χ2v) is 6.22. The molecule has 0 amide bonds. The zero-order valence-electron chi connectivity index (χ0n) is 12.9. The average molecular weight is 308 g/mol. The Labute approximate surface area is 135 Å². The second kappa shape index (κ2) is 6.01. The van der Waals surface area contributed by atoms with E-state index in [2.05, 4.69) is 32.0 Å². The SMILES string of the molecule is OCc1cccc(CC2CCN(c3ncnc4[nH]ccc34)C2)c1. The van der Waals surface area contributed by atoms with Crippen LogP contribution in [0.2, 0.25) is 0 Å². The molecule has 0 bridgehead atoms. The maximum atomic E-state index is 9.27. The Balaban J connectivity index is 1.49. The lowest BCUT2D eigenvalue weighted by Crippen LogP contribution is -2.21. The summed E-state index contributed by atoms with van der Waals surface area (Å²) in [4.78, 5) is 14.3. The molecule has 1 aromatic carbocycles. The van der Waals surface area contributed by atoms with Gasteiger partial charge in [-0.25, -0.2) is 9.97 Å². The monoisotopic (exact) mass is 308 g/mol. The zero-order chi connectivity index (χ0) is 15.6. The van der Waals surface area contributed by atoms with Crippen molar-refractivity contribution in [3.05, 3.63) is 54.0 Å². The molecule has 23 heavy (non-hydrogen) atoms. The first-order valence-corrected chi connectivity index (χ1v) is 8.05. The van der Waals surface area contributed by atoms with Crippen LogP contribution in [0.5, 0.6) is 0 Å². The van der Waals surface area contributed by atoms with E-state index in [4.69, 9.17) is 0 Å². The molecule has 4 rings (SSSR count). The molecule has 118 valence electrons. The van der Waals surface area contributed by atoms with E-state index in [0.717, 1.165) is 41.9 Å². The number of H-pyrrole nitrogens is 1. The number of aromatic nitrogens is 3. The summed E-state index contributed by atoms with van der Waals surface area (Å²) >= 11 is 0. The zero-order valence-corrected chi connectivity index (χ0v) is 12.9. The predicted molar refractivity (Wildman–Crippen MR) is 90.3 cm³/mol. The first-order valence-electron chi connectivity index (χ1n) is 8.05. The van der Waals surface area contributed by atoms with Gasteiger partial charge in [-0.15, -0.1) is 0 Å². The fourth-order valence-electron chi connectivity index (χ4n) is 3.49. The minimum atomic E-state index is 0.108. The van der Waals surface area contributed by atoms with Gasteiger partial charge >= 0.3 is 0 Å². The van der Waals surface area contributed by atoms with Crippen LogP contribution in [0, 0.1) is 5.92 Å². The smallest absolute Gasteiger partial charge is 0.142 e. The van der Waals surface area contributed by atoms with E-state index in [1.807, 2.05) is 24.4 Å². The highest BCUT2D eigenvalue weighted by Crippen LogP contribution is 2.29. The topological polar surface area (TPSA) is 65.0 Å². The van der Waals surface area contributed by atoms with Crippen LogP contribution in [0.3, 0.4) is 0 Å². The van der Waals surface area contributed by atoms with Crippen LogP contribution in [-0.4, -0.2) is 33.1 Å².